The predicted octanol–water partition coefficient (Wildman–Crippen LogP) is 3.09. The number of rotatable bonds is 3. The third kappa shape index (κ3) is 2.91. The van der Waals surface area contributed by atoms with E-state index in [-0.39, 0.29) is 12.1 Å². The molecule has 0 saturated heterocycles. The third-order valence-corrected chi connectivity index (χ3v) is 4.02. The second-order valence-electron chi connectivity index (χ2n) is 5.62. The molecule has 0 fully saturated rings. The molecule has 4 nitrogen and oxygen atoms in total. The standard InChI is InChI=1S/C18H21N3O/c1-12-6-5-7-13(10-12)15-11-16(21-18(19)20-15)14-8-3-4-9-17(14)22-2/h3-10,15-16H,11H2,1-2H3,(H3,19,20,21). The van der Waals surface area contributed by atoms with Crippen molar-refractivity contribution >= 4 is 5.96 Å². The summed E-state index contributed by atoms with van der Waals surface area (Å²) in [6.45, 7) is 2.09. The molecule has 0 amide bonds. The summed E-state index contributed by atoms with van der Waals surface area (Å²) in [5.41, 5.74) is 9.56. The van der Waals surface area contributed by atoms with E-state index in [0.29, 0.717) is 5.96 Å². The summed E-state index contributed by atoms with van der Waals surface area (Å²) in [6, 6.07) is 16.6. The quantitative estimate of drug-likeness (QED) is 0.914. The zero-order chi connectivity index (χ0) is 15.5. The zero-order valence-corrected chi connectivity index (χ0v) is 12.9. The number of hydrogen-bond donors (Lipinski definition) is 2. The van der Waals surface area contributed by atoms with E-state index >= 15 is 0 Å². The molecule has 2 atom stereocenters. The van der Waals surface area contributed by atoms with Gasteiger partial charge in [-0.3, -0.25) is 0 Å². The monoisotopic (exact) mass is 295 g/mol. The van der Waals surface area contributed by atoms with E-state index in [4.69, 9.17) is 10.5 Å². The molecular formula is C18H21N3O. The minimum Gasteiger partial charge on any atom is -0.496 e. The normalized spacial score (nSPS) is 20.9. The highest BCUT2D eigenvalue weighted by molar-refractivity contribution is 5.79. The van der Waals surface area contributed by atoms with Crippen molar-refractivity contribution in [3.05, 3.63) is 65.2 Å². The van der Waals surface area contributed by atoms with E-state index in [9.17, 15) is 0 Å². The lowest BCUT2D eigenvalue weighted by Crippen LogP contribution is -2.39. The zero-order valence-electron chi connectivity index (χ0n) is 12.9. The summed E-state index contributed by atoms with van der Waals surface area (Å²) in [5, 5.41) is 3.27. The molecule has 4 heteroatoms. The van der Waals surface area contributed by atoms with E-state index in [1.54, 1.807) is 7.11 Å². The first-order valence-corrected chi connectivity index (χ1v) is 7.46. The van der Waals surface area contributed by atoms with Crippen LogP contribution >= 0.6 is 0 Å². The lowest BCUT2D eigenvalue weighted by Gasteiger charge is -2.29. The number of aryl methyl sites for hydroxylation is 1. The Hall–Kier alpha value is -2.49. The van der Waals surface area contributed by atoms with Crippen LogP contribution in [0.1, 0.15) is 35.2 Å². The molecule has 1 heterocycles. The molecule has 0 aromatic heterocycles. The van der Waals surface area contributed by atoms with E-state index in [1.165, 1.54) is 11.1 Å². The lowest BCUT2D eigenvalue weighted by molar-refractivity contribution is 0.394. The number of nitrogens with two attached hydrogens (primary N) is 1. The fourth-order valence-corrected chi connectivity index (χ4v) is 2.97. The Morgan fingerprint density at radius 1 is 1.18 bits per heavy atom. The van der Waals surface area contributed by atoms with Crippen LogP contribution in [0.5, 0.6) is 5.75 Å². The van der Waals surface area contributed by atoms with Crippen LogP contribution in [0, 0.1) is 6.92 Å². The molecule has 2 aromatic rings. The van der Waals surface area contributed by atoms with Gasteiger partial charge in [-0.25, -0.2) is 4.99 Å². The van der Waals surface area contributed by atoms with Gasteiger partial charge in [0.05, 0.1) is 19.2 Å². The van der Waals surface area contributed by atoms with Crippen LogP contribution in [0.25, 0.3) is 0 Å². The number of nitrogens with zero attached hydrogens (tertiary/aromatic N) is 1. The number of benzene rings is 2. The molecule has 0 radical (unpaired) electrons. The van der Waals surface area contributed by atoms with Gasteiger partial charge in [-0.15, -0.1) is 0 Å². The predicted molar refractivity (Wildman–Crippen MR) is 89.0 cm³/mol. The molecular weight excluding hydrogens is 274 g/mol. The van der Waals surface area contributed by atoms with Crippen molar-refractivity contribution in [1.82, 2.24) is 5.32 Å². The van der Waals surface area contributed by atoms with Crippen LogP contribution in [-0.4, -0.2) is 13.1 Å². The van der Waals surface area contributed by atoms with Crippen molar-refractivity contribution < 1.29 is 4.74 Å². The smallest absolute Gasteiger partial charge is 0.189 e. The Balaban J connectivity index is 1.92. The maximum Gasteiger partial charge on any atom is 0.189 e. The first-order valence-electron chi connectivity index (χ1n) is 7.46. The van der Waals surface area contributed by atoms with Gasteiger partial charge < -0.3 is 15.8 Å². The fourth-order valence-electron chi connectivity index (χ4n) is 2.97. The van der Waals surface area contributed by atoms with Gasteiger partial charge in [-0.05, 0) is 25.0 Å². The summed E-state index contributed by atoms with van der Waals surface area (Å²) in [4.78, 5) is 4.57. The number of hydrogen-bond acceptors (Lipinski definition) is 4. The van der Waals surface area contributed by atoms with Gasteiger partial charge in [-0.1, -0.05) is 48.0 Å². The number of ether oxygens (including phenoxy) is 1. The van der Waals surface area contributed by atoms with Crippen molar-refractivity contribution in [3.8, 4) is 5.75 Å². The molecule has 0 saturated carbocycles. The highest BCUT2D eigenvalue weighted by Gasteiger charge is 2.26. The van der Waals surface area contributed by atoms with Crippen LogP contribution in [0.15, 0.2) is 53.5 Å². The Kier molecular flexibility index (Phi) is 4.00. The summed E-state index contributed by atoms with van der Waals surface area (Å²) < 4.78 is 5.47. The van der Waals surface area contributed by atoms with Crippen LogP contribution in [0.2, 0.25) is 0 Å². The van der Waals surface area contributed by atoms with Gasteiger partial charge in [-0.2, -0.15) is 0 Å². The van der Waals surface area contributed by atoms with Crippen molar-refractivity contribution in [1.29, 1.82) is 0 Å². The molecule has 1 aliphatic heterocycles. The van der Waals surface area contributed by atoms with Gasteiger partial charge >= 0.3 is 0 Å². The average Bonchev–Trinajstić information content (AvgIpc) is 2.54. The van der Waals surface area contributed by atoms with Gasteiger partial charge in [0.1, 0.15) is 5.75 Å². The number of methoxy groups -OCH3 is 1. The maximum absolute atomic E-state index is 6.02. The third-order valence-electron chi connectivity index (χ3n) is 4.02. The molecule has 3 rings (SSSR count). The number of para-hydroxylation sites is 1. The summed E-state index contributed by atoms with van der Waals surface area (Å²) in [5.74, 6) is 1.35. The van der Waals surface area contributed by atoms with Gasteiger partial charge in [0.25, 0.3) is 0 Å². The van der Waals surface area contributed by atoms with Crippen molar-refractivity contribution in [2.75, 3.05) is 7.11 Å². The van der Waals surface area contributed by atoms with Crippen molar-refractivity contribution in [2.45, 2.75) is 25.4 Å². The van der Waals surface area contributed by atoms with E-state index in [1.807, 2.05) is 18.2 Å². The van der Waals surface area contributed by atoms with E-state index in [2.05, 4.69) is 47.6 Å². The Bertz CT molecular complexity index is 696. The first-order chi connectivity index (χ1) is 10.7. The summed E-state index contributed by atoms with van der Waals surface area (Å²) in [7, 11) is 1.69. The largest absolute Gasteiger partial charge is 0.496 e. The molecule has 2 unspecified atom stereocenters. The van der Waals surface area contributed by atoms with Crippen molar-refractivity contribution in [3.63, 3.8) is 0 Å². The Morgan fingerprint density at radius 3 is 2.77 bits per heavy atom. The van der Waals surface area contributed by atoms with Crippen LogP contribution in [-0.2, 0) is 0 Å². The second kappa shape index (κ2) is 6.10. The van der Waals surface area contributed by atoms with Crippen LogP contribution in [0.4, 0.5) is 0 Å². The number of nitrogens with one attached hydrogen (secondary N) is 1. The first kappa shape index (κ1) is 14.4. The number of guanidine groups is 1. The van der Waals surface area contributed by atoms with Gasteiger partial charge in [0.15, 0.2) is 5.96 Å². The molecule has 0 bridgehead atoms. The van der Waals surface area contributed by atoms with Crippen LogP contribution in [0.3, 0.4) is 0 Å². The van der Waals surface area contributed by atoms with Crippen molar-refractivity contribution in [2.24, 2.45) is 10.7 Å². The molecule has 0 spiro atoms. The molecule has 0 aliphatic carbocycles. The van der Waals surface area contributed by atoms with Crippen LogP contribution < -0.4 is 15.8 Å². The fraction of sp³-hybridized carbons (Fsp3) is 0.278. The molecule has 2 aromatic carbocycles. The minimum atomic E-state index is 0.0658. The molecule has 114 valence electrons. The highest BCUT2D eigenvalue weighted by Crippen LogP contribution is 2.35. The average molecular weight is 295 g/mol. The van der Waals surface area contributed by atoms with E-state index in [0.717, 1.165) is 17.7 Å². The summed E-state index contributed by atoms with van der Waals surface area (Å²) >= 11 is 0. The second-order valence-corrected chi connectivity index (χ2v) is 5.62. The topological polar surface area (TPSA) is 59.6 Å². The lowest BCUT2D eigenvalue weighted by atomic mass is 9.93. The molecule has 1 aliphatic rings. The Labute approximate surface area is 131 Å². The van der Waals surface area contributed by atoms with Gasteiger partial charge in [0, 0.05) is 5.56 Å². The summed E-state index contributed by atoms with van der Waals surface area (Å²) in [6.07, 6.45) is 0.852. The SMILES string of the molecule is COc1ccccc1C1CC(c2cccc(C)c2)N=C(N)N1. The van der Waals surface area contributed by atoms with Gasteiger partial charge in [0.2, 0.25) is 0 Å². The minimum absolute atomic E-state index is 0.0658. The number of aliphatic imine (C=N–C) groups is 1. The molecule has 3 N–H and O–H groups in total. The Morgan fingerprint density at radius 2 is 2.00 bits per heavy atom. The highest BCUT2D eigenvalue weighted by atomic mass is 16.5. The molecule has 22 heavy (non-hydrogen) atoms. The van der Waals surface area contributed by atoms with E-state index < -0.39 is 0 Å². The maximum atomic E-state index is 6.02.